The number of aromatic nitrogens is 1. The van der Waals surface area contributed by atoms with Crippen molar-refractivity contribution in [2.75, 3.05) is 6.54 Å². The van der Waals surface area contributed by atoms with Crippen LogP contribution in [0, 0.1) is 0 Å². The fourth-order valence-electron chi connectivity index (χ4n) is 1.03. The van der Waals surface area contributed by atoms with E-state index in [1.165, 1.54) is 5.54 Å². The lowest BCUT2D eigenvalue weighted by atomic mass is 10.2. The fraction of sp³-hybridized carbons (Fsp3) is 0.300. The van der Waals surface area contributed by atoms with E-state index in [4.69, 9.17) is 23.2 Å². The third kappa shape index (κ3) is 3.66. The van der Waals surface area contributed by atoms with Gasteiger partial charge in [0.2, 0.25) is 0 Å². The summed E-state index contributed by atoms with van der Waals surface area (Å²) in [6.07, 6.45) is 1.77. The van der Waals surface area contributed by atoms with Crippen LogP contribution in [0.5, 0.6) is 0 Å². The van der Waals surface area contributed by atoms with Crippen molar-refractivity contribution >= 4 is 23.2 Å². The topological polar surface area (TPSA) is 24.9 Å². The van der Waals surface area contributed by atoms with Gasteiger partial charge in [0, 0.05) is 29.4 Å². The highest BCUT2D eigenvalue weighted by molar-refractivity contribution is 6.36. The predicted molar refractivity (Wildman–Crippen MR) is 60.4 cm³/mol. The van der Waals surface area contributed by atoms with Crippen LogP contribution in [0.4, 0.5) is 0 Å². The first-order valence-corrected chi connectivity index (χ1v) is 5.14. The highest BCUT2D eigenvalue weighted by Gasteiger charge is 2.04. The van der Waals surface area contributed by atoms with Gasteiger partial charge in [0.15, 0.2) is 0 Å². The van der Waals surface area contributed by atoms with Gasteiger partial charge in [0.25, 0.3) is 0 Å². The van der Waals surface area contributed by atoms with E-state index < -0.39 is 0 Å². The maximum atomic E-state index is 5.74. The third-order valence-corrected chi connectivity index (χ3v) is 2.44. The first kappa shape index (κ1) is 11.5. The van der Waals surface area contributed by atoms with E-state index in [2.05, 4.69) is 10.3 Å². The van der Waals surface area contributed by atoms with Gasteiger partial charge >= 0.3 is 0 Å². The lowest BCUT2D eigenvalue weighted by molar-refractivity contribution is 0.598. The summed E-state index contributed by atoms with van der Waals surface area (Å²) < 4.78 is 0. The van der Waals surface area contributed by atoms with Gasteiger partial charge in [-0.3, -0.25) is 4.98 Å². The molecule has 0 aliphatic heterocycles. The zero-order valence-electron chi connectivity index (χ0n) is 7.87. The third-order valence-electron chi connectivity index (χ3n) is 1.83. The number of rotatable bonds is 4. The highest BCUT2D eigenvalue weighted by Crippen LogP contribution is 2.09. The number of hydrogen-bond acceptors (Lipinski definition) is 2. The molecule has 0 aliphatic carbocycles. The maximum absolute atomic E-state index is 5.74. The van der Waals surface area contributed by atoms with Crippen molar-refractivity contribution in [2.45, 2.75) is 13.0 Å². The van der Waals surface area contributed by atoms with Crippen LogP contribution in [0.3, 0.4) is 0 Å². The zero-order valence-corrected chi connectivity index (χ0v) is 9.39. The van der Waals surface area contributed by atoms with Gasteiger partial charge in [0.1, 0.15) is 0 Å². The summed E-state index contributed by atoms with van der Waals surface area (Å²) in [5.74, 6) is 0. The highest BCUT2D eigenvalue weighted by atomic mass is 35.5. The molecule has 4 heteroatoms. The Morgan fingerprint density at radius 2 is 2.43 bits per heavy atom. The SMILES string of the molecule is C[C@H](NC/C(Cl)=C/Cl)c1ccccn1. The molecular formula is C10H12Cl2N2. The molecule has 1 heterocycles. The Balaban J connectivity index is 2.47. The number of halogens is 2. The monoisotopic (exact) mass is 230 g/mol. The fourth-order valence-corrected chi connectivity index (χ4v) is 1.18. The van der Waals surface area contributed by atoms with E-state index in [0.29, 0.717) is 11.6 Å². The largest absolute Gasteiger partial charge is 0.304 e. The number of nitrogens with zero attached hydrogens (tertiary/aromatic N) is 1. The van der Waals surface area contributed by atoms with E-state index in [-0.39, 0.29) is 6.04 Å². The van der Waals surface area contributed by atoms with Crippen molar-refractivity contribution in [1.82, 2.24) is 10.3 Å². The molecule has 0 saturated carbocycles. The van der Waals surface area contributed by atoms with Crippen molar-refractivity contribution in [2.24, 2.45) is 0 Å². The van der Waals surface area contributed by atoms with Crippen molar-refractivity contribution < 1.29 is 0 Å². The van der Waals surface area contributed by atoms with Gasteiger partial charge < -0.3 is 5.32 Å². The van der Waals surface area contributed by atoms with Crippen molar-refractivity contribution in [3.8, 4) is 0 Å². The Morgan fingerprint density at radius 1 is 1.64 bits per heavy atom. The van der Waals surface area contributed by atoms with E-state index in [1.807, 2.05) is 25.1 Å². The Morgan fingerprint density at radius 3 is 3.00 bits per heavy atom. The van der Waals surface area contributed by atoms with Crippen LogP contribution < -0.4 is 5.32 Å². The molecule has 0 saturated heterocycles. The van der Waals surface area contributed by atoms with Gasteiger partial charge in [-0.2, -0.15) is 0 Å². The summed E-state index contributed by atoms with van der Waals surface area (Å²) >= 11 is 11.2. The van der Waals surface area contributed by atoms with E-state index in [9.17, 15) is 0 Å². The second-order valence-electron chi connectivity index (χ2n) is 2.91. The summed E-state index contributed by atoms with van der Waals surface area (Å²) in [5.41, 5.74) is 2.35. The van der Waals surface area contributed by atoms with Gasteiger partial charge in [-0.05, 0) is 19.1 Å². The van der Waals surface area contributed by atoms with Gasteiger partial charge in [-0.15, -0.1) is 0 Å². The summed E-state index contributed by atoms with van der Waals surface area (Å²) in [6.45, 7) is 2.59. The lowest BCUT2D eigenvalue weighted by Gasteiger charge is -2.12. The second kappa shape index (κ2) is 6.02. The van der Waals surface area contributed by atoms with E-state index in [1.54, 1.807) is 6.20 Å². The molecular weight excluding hydrogens is 219 g/mol. The van der Waals surface area contributed by atoms with Gasteiger partial charge in [-0.1, -0.05) is 29.3 Å². The lowest BCUT2D eigenvalue weighted by Crippen LogP contribution is -2.20. The molecule has 0 amide bonds. The maximum Gasteiger partial charge on any atom is 0.0570 e. The van der Waals surface area contributed by atoms with E-state index >= 15 is 0 Å². The van der Waals surface area contributed by atoms with Crippen molar-refractivity contribution in [1.29, 1.82) is 0 Å². The van der Waals surface area contributed by atoms with Crippen LogP contribution in [-0.2, 0) is 0 Å². The molecule has 0 radical (unpaired) electrons. The smallest absolute Gasteiger partial charge is 0.0570 e. The van der Waals surface area contributed by atoms with Crippen LogP contribution in [0.15, 0.2) is 35.0 Å². The Hall–Kier alpha value is -0.570. The van der Waals surface area contributed by atoms with Crippen LogP contribution in [0.1, 0.15) is 18.7 Å². The normalized spacial score (nSPS) is 14.1. The van der Waals surface area contributed by atoms with Crippen LogP contribution in [0.2, 0.25) is 0 Å². The molecule has 1 rings (SSSR count). The van der Waals surface area contributed by atoms with E-state index in [0.717, 1.165) is 5.69 Å². The molecule has 0 unspecified atom stereocenters. The zero-order chi connectivity index (χ0) is 10.4. The van der Waals surface area contributed by atoms with Crippen molar-refractivity contribution in [3.05, 3.63) is 40.7 Å². The van der Waals surface area contributed by atoms with Crippen molar-refractivity contribution in [3.63, 3.8) is 0 Å². The molecule has 2 nitrogen and oxygen atoms in total. The predicted octanol–water partition coefficient (Wildman–Crippen LogP) is 3.05. The molecule has 0 aromatic carbocycles. The molecule has 1 atom stereocenters. The molecule has 1 aromatic rings. The molecule has 1 aromatic heterocycles. The summed E-state index contributed by atoms with van der Waals surface area (Å²) in [6, 6.07) is 5.98. The molecule has 0 bridgehead atoms. The Bertz CT molecular complexity index is 298. The van der Waals surface area contributed by atoms with Gasteiger partial charge in [0.05, 0.1) is 5.69 Å². The summed E-state index contributed by atoms with van der Waals surface area (Å²) in [7, 11) is 0. The van der Waals surface area contributed by atoms with Crippen LogP contribution in [-0.4, -0.2) is 11.5 Å². The Labute approximate surface area is 93.9 Å². The quantitative estimate of drug-likeness (QED) is 0.861. The first-order chi connectivity index (χ1) is 6.74. The first-order valence-electron chi connectivity index (χ1n) is 4.33. The average molecular weight is 231 g/mol. The number of nitrogens with one attached hydrogen (secondary N) is 1. The molecule has 1 N–H and O–H groups in total. The molecule has 0 aliphatic rings. The minimum Gasteiger partial charge on any atom is -0.304 e. The minimum absolute atomic E-state index is 0.168. The standard InChI is InChI=1S/C10H12Cl2N2/c1-8(14-7-9(12)6-11)10-4-2-3-5-13-10/h2-6,8,14H,7H2,1H3/b9-6-/t8-/m0/s1. The summed E-state index contributed by atoms with van der Waals surface area (Å²) in [4.78, 5) is 4.22. The average Bonchev–Trinajstić information content (AvgIpc) is 2.26. The molecule has 0 spiro atoms. The van der Waals surface area contributed by atoms with Crippen LogP contribution in [0.25, 0.3) is 0 Å². The molecule has 76 valence electrons. The number of hydrogen-bond donors (Lipinski definition) is 1. The molecule has 14 heavy (non-hydrogen) atoms. The molecule has 0 fully saturated rings. The summed E-state index contributed by atoms with van der Waals surface area (Å²) in [5, 5.41) is 3.79. The minimum atomic E-state index is 0.168. The van der Waals surface area contributed by atoms with Gasteiger partial charge in [-0.25, -0.2) is 0 Å². The Kier molecular flexibility index (Phi) is 4.94. The second-order valence-corrected chi connectivity index (χ2v) is 3.62. The van der Waals surface area contributed by atoms with Crippen LogP contribution >= 0.6 is 23.2 Å². The number of pyridine rings is 1.